The Morgan fingerprint density at radius 3 is 2.89 bits per heavy atom. The Morgan fingerprint density at radius 1 is 1.47 bits per heavy atom. The lowest BCUT2D eigenvalue weighted by Crippen LogP contribution is -2.67. The van der Waals surface area contributed by atoms with E-state index in [2.05, 4.69) is 4.98 Å². The van der Waals surface area contributed by atoms with Crippen LogP contribution in [0, 0.1) is 0 Å². The number of rotatable bonds is 2. The molecule has 0 radical (unpaired) electrons. The van der Waals surface area contributed by atoms with E-state index in [0.29, 0.717) is 18.7 Å². The summed E-state index contributed by atoms with van der Waals surface area (Å²) in [6.45, 7) is 2.04. The largest absolute Gasteiger partial charge is 0.381 e. The first-order valence-corrected chi connectivity index (χ1v) is 6.58. The molecule has 0 aromatic carbocycles. The summed E-state index contributed by atoms with van der Waals surface area (Å²) in [5.74, 6) is 0.0520. The summed E-state index contributed by atoms with van der Waals surface area (Å²) in [4.78, 5) is 18.0. The van der Waals surface area contributed by atoms with Gasteiger partial charge in [0, 0.05) is 38.1 Å². The number of likely N-dealkylation sites (tertiary alicyclic amines) is 1. The molecular formula is C14H18N2O3. The Morgan fingerprint density at radius 2 is 2.21 bits per heavy atom. The number of carbonyl (C=O) groups excluding carboxylic acids is 1. The zero-order chi connectivity index (χ0) is 13.3. The van der Waals surface area contributed by atoms with Crippen LogP contribution >= 0.6 is 0 Å². The van der Waals surface area contributed by atoms with E-state index in [9.17, 15) is 4.79 Å². The molecule has 1 atom stereocenters. The van der Waals surface area contributed by atoms with E-state index in [0.717, 1.165) is 19.4 Å². The van der Waals surface area contributed by atoms with Crippen molar-refractivity contribution in [2.45, 2.75) is 24.5 Å². The van der Waals surface area contributed by atoms with Crippen LogP contribution in [0.2, 0.25) is 0 Å². The summed E-state index contributed by atoms with van der Waals surface area (Å²) in [6.07, 6.45) is 5.36. The van der Waals surface area contributed by atoms with Crippen molar-refractivity contribution < 1.29 is 14.3 Å². The molecule has 2 fully saturated rings. The van der Waals surface area contributed by atoms with Gasteiger partial charge in [-0.2, -0.15) is 0 Å². The van der Waals surface area contributed by atoms with Gasteiger partial charge in [-0.15, -0.1) is 0 Å². The topological polar surface area (TPSA) is 51.7 Å². The van der Waals surface area contributed by atoms with Gasteiger partial charge in [-0.3, -0.25) is 9.78 Å². The molecule has 19 heavy (non-hydrogen) atoms. The molecular weight excluding hydrogens is 244 g/mol. The van der Waals surface area contributed by atoms with Crippen molar-refractivity contribution in [3.63, 3.8) is 0 Å². The van der Waals surface area contributed by atoms with Crippen LogP contribution in [-0.2, 0) is 9.47 Å². The highest BCUT2D eigenvalue weighted by Crippen LogP contribution is 2.35. The van der Waals surface area contributed by atoms with Gasteiger partial charge in [0.1, 0.15) is 5.60 Å². The van der Waals surface area contributed by atoms with Crippen molar-refractivity contribution in [3.8, 4) is 0 Å². The van der Waals surface area contributed by atoms with Gasteiger partial charge in [-0.1, -0.05) is 0 Å². The molecule has 0 saturated carbocycles. The highest BCUT2D eigenvalue weighted by atomic mass is 16.5. The molecule has 2 aliphatic heterocycles. The van der Waals surface area contributed by atoms with Gasteiger partial charge in [0.2, 0.25) is 0 Å². The highest BCUT2D eigenvalue weighted by molar-refractivity contribution is 5.94. The van der Waals surface area contributed by atoms with E-state index in [1.165, 1.54) is 0 Å². The second-order valence-corrected chi connectivity index (χ2v) is 5.28. The first kappa shape index (κ1) is 12.6. The Balaban J connectivity index is 1.62. The maximum atomic E-state index is 12.2. The van der Waals surface area contributed by atoms with E-state index in [1.807, 2.05) is 4.90 Å². The SMILES string of the molecule is COC1CCOC2(C1)CN(C(=O)c1ccncc1)C2. The fourth-order valence-electron chi connectivity index (χ4n) is 2.87. The number of carbonyl (C=O) groups is 1. The van der Waals surface area contributed by atoms with Crippen LogP contribution in [0.5, 0.6) is 0 Å². The second-order valence-electron chi connectivity index (χ2n) is 5.28. The van der Waals surface area contributed by atoms with E-state index >= 15 is 0 Å². The molecule has 5 nitrogen and oxygen atoms in total. The Hall–Kier alpha value is -1.46. The summed E-state index contributed by atoms with van der Waals surface area (Å²) in [5, 5.41) is 0. The standard InChI is InChI=1S/C14H18N2O3/c1-18-12-4-7-19-14(8-12)9-16(10-14)13(17)11-2-5-15-6-3-11/h2-3,5-6,12H,4,7-10H2,1H3. The van der Waals surface area contributed by atoms with Gasteiger partial charge in [0.25, 0.3) is 5.91 Å². The van der Waals surface area contributed by atoms with Crippen LogP contribution < -0.4 is 0 Å². The smallest absolute Gasteiger partial charge is 0.254 e. The van der Waals surface area contributed by atoms with Crippen molar-refractivity contribution in [1.82, 2.24) is 9.88 Å². The van der Waals surface area contributed by atoms with Crippen molar-refractivity contribution in [3.05, 3.63) is 30.1 Å². The Kier molecular flexibility index (Phi) is 3.24. The number of hydrogen-bond acceptors (Lipinski definition) is 4. The minimum atomic E-state index is -0.179. The summed E-state index contributed by atoms with van der Waals surface area (Å²) in [7, 11) is 1.74. The lowest BCUT2D eigenvalue weighted by Gasteiger charge is -2.52. The van der Waals surface area contributed by atoms with E-state index < -0.39 is 0 Å². The monoisotopic (exact) mass is 262 g/mol. The molecule has 1 spiro atoms. The van der Waals surface area contributed by atoms with Crippen molar-refractivity contribution in [1.29, 1.82) is 0 Å². The molecule has 1 unspecified atom stereocenters. The quantitative estimate of drug-likeness (QED) is 0.801. The first-order valence-electron chi connectivity index (χ1n) is 6.58. The normalized spacial score (nSPS) is 25.1. The van der Waals surface area contributed by atoms with Crippen molar-refractivity contribution >= 4 is 5.91 Å². The lowest BCUT2D eigenvalue weighted by atomic mass is 9.84. The fourth-order valence-corrected chi connectivity index (χ4v) is 2.87. The number of aromatic nitrogens is 1. The van der Waals surface area contributed by atoms with Crippen LogP contribution in [0.3, 0.4) is 0 Å². The Labute approximate surface area is 112 Å². The van der Waals surface area contributed by atoms with Gasteiger partial charge in [0.05, 0.1) is 19.2 Å². The average molecular weight is 262 g/mol. The van der Waals surface area contributed by atoms with Crippen molar-refractivity contribution in [2.75, 3.05) is 26.8 Å². The minimum absolute atomic E-state index is 0.0520. The molecule has 5 heteroatoms. The molecule has 102 valence electrons. The predicted molar refractivity (Wildman–Crippen MR) is 68.9 cm³/mol. The summed E-state index contributed by atoms with van der Waals surface area (Å²) >= 11 is 0. The lowest BCUT2D eigenvalue weighted by molar-refractivity contribution is -0.181. The molecule has 0 aliphatic carbocycles. The van der Waals surface area contributed by atoms with Gasteiger partial charge < -0.3 is 14.4 Å². The van der Waals surface area contributed by atoms with Crippen LogP contribution in [0.4, 0.5) is 0 Å². The Bertz CT molecular complexity index is 457. The highest BCUT2D eigenvalue weighted by Gasteiger charge is 2.49. The van der Waals surface area contributed by atoms with Crippen LogP contribution in [-0.4, -0.2) is 54.3 Å². The van der Waals surface area contributed by atoms with Gasteiger partial charge in [-0.25, -0.2) is 0 Å². The predicted octanol–water partition coefficient (Wildman–Crippen LogP) is 1.10. The van der Waals surface area contributed by atoms with E-state index in [-0.39, 0.29) is 17.6 Å². The number of nitrogens with zero attached hydrogens (tertiary/aromatic N) is 2. The zero-order valence-electron chi connectivity index (χ0n) is 11.0. The van der Waals surface area contributed by atoms with Gasteiger partial charge in [0.15, 0.2) is 0 Å². The van der Waals surface area contributed by atoms with Gasteiger partial charge >= 0.3 is 0 Å². The maximum absolute atomic E-state index is 12.2. The molecule has 1 aromatic heterocycles. The molecule has 2 aliphatic rings. The minimum Gasteiger partial charge on any atom is -0.381 e. The van der Waals surface area contributed by atoms with Crippen LogP contribution in [0.1, 0.15) is 23.2 Å². The number of methoxy groups -OCH3 is 1. The maximum Gasteiger partial charge on any atom is 0.254 e. The second kappa shape index (κ2) is 4.90. The third-order valence-electron chi connectivity index (χ3n) is 3.95. The molecule has 1 amide bonds. The molecule has 0 bridgehead atoms. The van der Waals surface area contributed by atoms with Gasteiger partial charge in [-0.05, 0) is 18.6 Å². The molecule has 3 heterocycles. The molecule has 1 aromatic rings. The number of amides is 1. The number of pyridine rings is 1. The van der Waals surface area contributed by atoms with Crippen molar-refractivity contribution in [2.24, 2.45) is 0 Å². The van der Waals surface area contributed by atoms with E-state index in [1.54, 1.807) is 31.6 Å². The third kappa shape index (κ3) is 2.35. The van der Waals surface area contributed by atoms with E-state index in [4.69, 9.17) is 9.47 Å². The first-order chi connectivity index (χ1) is 9.22. The number of ether oxygens (including phenoxy) is 2. The number of hydrogen-bond donors (Lipinski definition) is 0. The molecule has 3 rings (SSSR count). The molecule has 0 N–H and O–H groups in total. The third-order valence-corrected chi connectivity index (χ3v) is 3.95. The zero-order valence-corrected chi connectivity index (χ0v) is 11.0. The van der Waals surface area contributed by atoms with Crippen LogP contribution in [0.15, 0.2) is 24.5 Å². The summed E-state index contributed by atoms with van der Waals surface area (Å²) in [6, 6.07) is 3.49. The summed E-state index contributed by atoms with van der Waals surface area (Å²) in [5.41, 5.74) is 0.505. The average Bonchev–Trinajstić information content (AvgIpc) is 2.45. The fraction of sp³-hybridized carbons (Fsp3) is 0.571. The van der Waals surface area contributed by atoms with Crippen LogP contribution in [0.25, 0.3) is 0 Å². The summed E-state index contributed by atoms with van der Waals surface area (Å²) < 4.78 is 11.3. The molecule has 2 saturated heterocycles.